The van der Waals surface area contributed by atoms with Crippen LogP contribution in [0.25, 0.3) is 0 Å². The molecule has 2 atom stereocenters. The summed E-state index contributed by atoms with van der Waals surface area (Å²) >= 11 is 0. The van der Waals surface area contributed by atoms with Gasteiger partial charge in [0.15, 0.2) is 0 Å². The molecule has 4 nitrogen and oxygen atoms in total. The zero-order chi connectivity index (χ0) is 15.2. The van der Waals surface area contributed by atoms with Gasteiger partial charge in [-0.15, -0.1) is 0 Å². The first-order valence-corrected chi connectivity index (χ1v) is 7.99. The molecule has 1 saturated heterocycles. The number of amides is 1. The second-order valence-corrected chi connectivity index (χ2v) is 5.85. The van der Waals surface area contributed by atoms with Gasteiger partial charge in [-0.05, 0) is 49.7 Å². The van der Waals surface area contributed by atoms with E-state index < -0.39 is 0 Å². The molecule has 1 aromatic rings. The number of rotatable bonds is 6. The Morgan fingerprint density at radius 1 is 1.38 bits per heavy atom. The SMILES string of the molecule is CCN(CC)Cc1cccc(NC(=O)C2NCCC2C)c1. The molecular weight excluding hydrogens is 262 g/mol. The van der Waals surface area contributed by atoms with Crippen molar-refractivity contribution >= 4 is 11.6 Å². The minimum absolute atomic E-state index is 0.0589. The normalized spacial score (nSPS) is 21.7. The summed E-state index contributed by atoms with van der Waals surface area (Å²) in [5.74, 6) is 0.490. The predicted molar refractivity (Wildman–Crippen MR) is 87.3 cm³/mol. The second-order valence-electron chi connectivity index (χ2n) is 5.85. The number of nitrogens with one attached hydrogen (secondary N) is 2. The molecule has 0 aliphatic carbocycles. The molecule has 1 fully saturated rings. The third-order valence-corrected chi connectivity index (χ3v) is 4.31. The monoisotopic (exact) mass is 289 g/mol. The van der Waals surface area contributed by atoms with E-state index in [1.807, 2.05) is 12.1 Å². The van der Waals surface area contributed by atoms with Crippen molar-refractivity contribution in [3.63, 3.8) is 0 Å². The van der Waals surface area contributed by atoms with Gasteiger partial charge in [-0.3, -0.25) is 9.69 Å². The van der Waals surface area contributed by atoms with Gasteiger partial charge in [0.1, 0.15) is 0 Å². The van der Waals surface area contributed by atoms with Crippen LogP contribution < -0.4 is 10.6 Å². The molecule has 1 aromatic carbocycles. The first-order chi connectivity index (χ1) is 10.1. The van der Waals surface area contributed by atoms with Crippen molar-refractivity contribution in [2.24, 2.45) is 5.92 Å². The quantitative estimate of drug-likeness (QED) is 0.845. The number of hydrogen-bond donors (Lipinski definition) is 2. The summed E-state index contributed by atoms with van der Waals surface area (Å²) in [6.07, 6.45) is 1.07. The Balaban J connectivity index is 1.99. The van der Waals surface area contributed by atoms with Gasteiger partial charge in [0.05, 0.1) is 6.04 Å². The van der Waals surface area contributed by atoms with Gasteiger partial charge < -0.3 is 10.6 Å². The first-order valence-electron chi connectivity index (χ1n) is 7.99. The lowest BCUT2D eigenvalue weighted by molar-refractivity contribution is -0.118. The molecule has 0 bridgehead atoms. The summed E-state index contributed by atoms with van der Waals surface area (Å²) in [5.41, 5.74) is 2.13. The molecule has 1 aliphatic heterocycles. The number of hydrogen-bond acceptors (Lipinski definition) is 3. The summed E-state index contributed by atoms with van der Waals surface area (Å²) in [6.45, 7) is 10.4. The van der Waals surface area contributed by atoms with Gasteiger partial charge >= 0.3 is 0 Å². The van der Waals surface area contributed by atoms with Crippen molar-refractivity contribution in [2.75, 3.05) is 25.0 Å². The largest absolute Gasteiger partial charge is 0.325 e. The van der Waals surface area contributed by atoms with Gasteiger partial charge in [0, 0.05) is 12.2 Å². The lowest BCUT2D eigenvalue weighted by atomic mass is 10.0. The topological polar surface area (TPSA) is 44.4 Å². The summed E-state index contributed by atoms with van der Waals surface area (Å²) < 4.78 is 0. The molecule has 0 aromatic heterocycles. The van der Waals surface area contributed by atoms with Crippen LogP contribution in [-0.4, -0.2) is 36.5 Å². The van der Waals surface area contributed by atoms with Crippen LogP contribution in [0.5, 0.6) is 0 Å². The molecule has 1 amide bonds. The van der Waals surface area contributed by atoms with Gasteiger partial charge in [-0.25, -0.2) is 0 Å². The maximum absolute atomic E-state index is 12.3. The Kier molecular flexibility index (Phi) is 5.76. The van der Waals surface area contributed by atoms with E-state index in [1.165, 1.54) is 5.56 Å². The Morgan fingerprint density at radius 3 is 2.76 bits per heavy atom. The summed E-state index contributed by atoms with van der Waals surface area (Å²) in [5, 5.41) is 6.32. The fourth-order valence-corrected chi connectivity index (χ4v) is 2.86. The molecule has 2 rings (SSSR count). The summed E-state index contributed by atoms with van der Waals surface area (Å²) in [6, 6.07) is 8.11. The number of carbonyl (C=O) groups is 1. The Morgan fingerprint density at radius 2 is 2.14 bits per heavy atom. The second kappa shape index (κ2) is 7.57. The summed E-state index contributed by atoms with van der Waals surface area (Å²) in [7, 11) is 0. The molecule has 0 radical (unpaired) electrons. The molecule has 1 heterocycles. The highest BCUT2D eigenvalue weighted by Gasteiger charge is 2.29. The van der Waals surface area contributed by atoms with Crippen molar-refractivity contribution in [1.29, 1.82) is 0 Å². The highest BCUT2D eigenvalue weighted by molar-refractivity contribution is 5.95. The number of benzene rings is 1. The van der Waals surface area contributed by atoms with E-state index in [-0.39, 0.29) is 11.9 Å². The Labute approximate surface area is 127 Å². The van der Waals surface area contributed by atoms with Gasteiger partial charge in [-0.2, -0.15) is 0 Å². The van der Waals surface area contributed by atoms with Crippen LogP contribution in [0.15, 0.2) is 24.3 Å². The molecule has 4 heteroatoms. The van der Waals surface area contributed by atoms with Crippen LogP contribution in [-0.2, 0) is 11.3 Å². The molecule has 1 aliphatic rings. The molecule has 116 valence electrons. The summed E-state index contributed by atoms with van der Waals surface area (Å²) in [4.78, 5) is 14.6. The lowest BCUT2D eigenvalue weighted by Crippen LogP contribution is -2.39. The van der Waals surface area contributed by atoms with Crippen molar-refractivity contribution < 1.29 is 4.79 Å². The van der Waals surface area contributed by atoms with Crippen LogP contribution in [0.1, 0.15) is 32.8 Å². The maximum Gasteiger partial charge on any atom is 0.241 e. The number of carbonyl (C=O) groups excluding carboxylic acids is 1. The van der Waals surface area contributed by atoms with Gasteiger partial charge in [-0.1, -0.05) is 32.9 Å². The van der Waals surface area contributed by atoms with Gasteiger partial charge in [0.2, 0.25) is 5.91 Å². The average molecular weight is 289 g/mol. The third-order valence-electron chi connectivity index (χ3n) is 4.31. The van der Waals surface area contributed by atoms with E-state index in [0.717, 1.165) is 38.3 Å². The van der Waals surface area contributed by atoms with E-state index in [4.69, 9.17) is 0 Å². The fourth-order valence-electron chi connectivity index (χ4n) is 2.86. The van der Waals surface area contributed by atoms with E-state index in [2.05, 4.69) is 48.4 Å². The average Bonchev–Trinajstić information content (AvgIpc) is 2.91. The highest BCUT2D eigenvalue weighted by atomic mass is 16.2. The third kappa shape index (κ3) is 4.29. The number of nitrogens with zero attached hydrogens (tertiary/aromatic N) is 1. The molecule has 21 heavy (non-hydrogen) atoms. The van der Waals surface area contributed by atoms with E-state index in [0.29, 0.717) is 5.92 Å². The molecule has 2 unspecified atom stereocenters. The zero-order valence-electron chi connectivity index (χ0n) is 13.4. The van der Waals surface area contributed by atoms with Crippen molar-refractivity contribution in [2.45, 2.75) is 39.8 Å². The Bertz CT molecular complexity index is 471. The van der Waals surface area contributed by atoms with Crippen LogP contribution in [0.2, 0.25) is 0 Å². The maximum atomic E-state index is 12.3. The Hall–Kier alpha value is -1.39. The first kappa shape index (κ1) is 16.0. The smallest absolute Gasteiger partial charge is 0.241 e. The highest BCUT2D eigenvalue weighted by Crippen LogP contribution is 2.18. The van der Waals surface area contributed by atoms with Crippen molar-refractivity contribution in [3.05, 3.63) is 29.8 Å². The zero-order valence-corrected chi connectivity index (χ0v) is 13.4. The molecule has 2 N–H and O–H groups in total. The lowest BCUT2D eigenvalue weighted by Gasteiger charge is -2.19. The van der Waals surface area contributed by atoms with E-state index in [1.54, 1.807) is 0 Å². The molecule has 0 saturated carbocycles. The minimum Gasteiger partial charge on any atom is -0.325 e. The standard InChI is InChI=1S/C17H27N3O/c1-4-20(5-2)12-14-7-6-8-15(11-14)19-17(21)16-13(3)9-10-18-16/h6-8,11,13,16,18H,4-5,9-10,12H2,1-3H3,(H,19,21). The fraction of sp³-hybridized carbons (Fsp3) is 0.588. The molecule has 0 spiro atoms. The van der Waals surface area contributed by atoms with Gasteiger partial charge in [0.25, 0.3) is 0 Å². The van der Waals surface area contributed by atoms with Crippen LogP contribution >= 0.6 is 0 Å². The van der Waals surface area contributed by atoms with Crippen LogP contribution in [0, 0.1) is 5.92 Å². The minimum atomic E-state index is -0.0589. The van der Waals surface area contributed by atoms with Crippen LogP contribution in [0.3, 0.4) is 0 Å². The van der Waals surface area contributed by atoms with Crippen molar-refractivity contribution in [3.8, 4) is 0 Å². The number of anilines is 1. The van der Waals surface area contributed by atoms with E-state index >= 15 is 0 Å². The predicted octanol–water partition coefficient (Wildman–Crippen LogP) is 2.46. The van der Waals surface area contributed by atoms with Crippen molar-refractivity contribution in [1.82, 2.24) is 10.2 Å². The van der Waals surface area contributed by atoms with E-state index in [9.17, 15) is 4.79 Å². The van der Waals surface area contributed by atoms with Crippen LogP contribution in [0.4, 0.5) is 5.69 Å². The molecular formula is C17H27N3O.